The molecule has 2 heteroatoms. The average Bonchev–Trinajstić information content (AvgIpc) is 2.83. The molecule has 5 rings (SSSR count). The second-order valence-corrected chi connectivity index (χ2v) is 5.98. The smallest absolute Gasteiger partial charge is 0.171 e. The molecule has 0 saturated heterocycles. The van der Waals surface area contributed by atoms with E-state index >= 15 is 0 Å². The zero-order chi connectivity index (χ0) is 14.8. The van der Waals surface area contributed by atoms with Crippen LogP contribution in [0.5, 0.6) is 0 Å². The Morgan fingerprint density at radius 3 is 2.45 bits per heavy atom. The quantitative estimate of drug-likeness (QED) is 0.647. The SMILES string of the molecule is O=C1CC(=O)c2cccc3c2=C2C(=c4ccccc4=C12)CC=3. The van der Waals surface area contributed by atoms with Gasteiger partial charge in [0.05, 0.1) is 6.42 Å². The summed E-state index contributed by atoms with van der Waals surface area (Å²) in [4.78, 5) is 25.2. The Hall–Kier alpha value is -2.74. The van der Waals surface area contributed by atoms with Gasteiger partial charge in [-0.25, -0.2) is 0 Å². The largest absolute Gasteiger partial charge is 0.294 e. The molecule has 0 radical (unpaired) electrons. The molecule has 0 unspecified atom stereocenters. The van der Waals surface area contributed by atoms with Crippen LogP contribution in [0.2, 0.25) is 0 Å². The molecule has 0 fully saturated rings. The third-order valence-corrected chi connectivity index (χ3v) is 4.85. The summed E-state index contributed by atoms with van der Waals surface area (Å²) in [7, 11) is 0. The molecule has 0 amide bonds. The number of ketones is 2. The molecule has 0 saturated carbocycles. The fourth-order valence-corrected chi connectivity index (χ4v) is 3.96. The van der Waals surface area contributed by atoms with E-state index in [4.69, 9.17) is 0 Å². The Morgan fingerprint density at radius 2 is 1.59 bits per heavy atom. The van der Waals surface area contributed by atoms with Gasteiger partial charge in [-0.1, -0.05) is 48.5 Å². The number of carbonyl (C=O) groups is 2. The van der Waals surface area contributed by atoms with E-state index in [2.05, 4.69) is 12.1 Å². The van der Waals surface area contributed by atoms with Crippen molar-refractivity contribution in [2.24, 2.45) is 0 Å². The maximum Gasteiger partial charge on any atom is 0.171 e. The minimum Gasteiger partial charge on any atom is -0.294 e. The minimum absolute atomic E-state index is 0.0309. The molecule has 0 atom stereocenters. The van der Waals surface area contributed by atoms with E-state index in [-0.39, 0.29) is 18.0 Å². The minimum atomic E-state index is -0.0663. The second-order valence-electron chi connectivity index (χ2n) is 5.98. The Morgan fingerprint density at radius 1 is 0.773 bits per heavy atom. The maximum absolute atomic E-state index is 12.7. The number of fused-ring (bicyclic) bond motifs is 1. The van der Waals surface area contributed by atoms with Gasteiger partial charge in [-0.2, -0.15) is 0 Å². The molecular weight excluding hydrogens is 272 g/mol. The molecule has 0 heterocycles. The summed E-state index contributed by atoms with van der Waals surface area (Å²) in [5.41, 5.74) is 3.63. The van der Waals surface area contributed by atoms with Crippen molar-refractivity contribution in [2.75, 3.05) is 0 Å². The summed E-state index contributed by atoms with van der Waals surface area (Å²) in [6, 6.07) is 13.8. The first-order chi connectivity index (χ1) is 10.8. The third-order valence-electron chi connectivity index (χ3n) is 4.85. The molecule has 0 aromatic heterocycles. The number of benzene rings is 2. The Labute approximate surface area is 126 Å². The Balaban J connectivity index is 2.17. The number of hydrogen-bond donors (Lipinski definition) is 0. The van der Waals surface area contributed by atoms with Gasteiger partial charge in [-0.05, 0) is 33.2 Å². The third kappa shape index (κ3) is 1.30. The first kappa shape index (κ1) is 11.9. The lowest BCUT2D eigenvalue weighted by Crippen LogP contribution is -2.34. The molecule has 2 nitrogen and oxygen atoms in total. The molecule has 0 N–H and O–H groups in total. The standard InChI is InChI=1S/C20H12O2/c21-16-10-17(22)19-13-6-2-1-5-12(13)14-9-8-11-4-3-7-15(16)18(11)20(14)19/h1-8H,9-10H2. The molecular formula is C20H12O2. The molecule has 104 valence electrons. The van der Waals surface area contributed by atoms with E-state index in [1.54, 1.807) is 0 Å². The van der Waals surface area contributed by atoms with Crippen LogP contribution in [-0.2, 0) is 4.79 Å². The molecule has 3 aliphatic rings. The van der Waals surface area contributed by atoms with Crippen LogP contribution in [-0.4, -0.2) is 11.6 Å². The van der Waals surface area contributed by atoms with Crippen LogP contribution in [0.4, 0.5) is 0 Å². The normalized spacial score (nSPS) is 17.9. The van der Waals surface area contributed by atoms with Crippen LogP contribution >= 0.6 is 0 Å². The zero-order valence-corrected chi connectivity index (χ0v) is 11.8. The summed E-state index contributed by atoms with van der Waals surface area (Å²) < 4.78 is 0. The van der Waals surface area contributed by atoms with Gasteiger partial charge in [-0.15, -0.1) is 0 Å². The molecule has 3 aliphatic carbocycles. The summed E-state index contributed by atoms with van der Waals surface area (Å²) >= 11 is 0. The van der Waals surface area contributed by atoms with Gasteiger partial charge < -0.3 is 0 Å². The number of Topliss-reactive ketones (excluding diaryl/α,β-unsaturated/α-hetero) is 2. The fraction of sp³-hybridized carbons (Fsp3) is 0.100. The van der Waals surface area contributed by atoms with Gasteiger partial charge in [0.2, 0.25) is 0 Å². The van der Waals surface area contributed by atoms with E-state index in [0.717, 1.165) is 38.4 Å². The van der Waals surface area contributed by atoms with Crippen molar-refractivity contribution >= 4 is 34.4 Å². The lowest BCUT2D eigenvalue weighted by Gasteiger charge is -2.12. The highest BCUT2D eigenvalue weighted by Gasteiger charge is 2.32. The fourth-order valence-electron chi connectivity index (χ4n) is 3.96. The van der Waals surface area contributed by atoms with E-state index in [0.29, 0.717) is 5.56 Å². The van der Waals surface area contributed by atoms with Gasteiger partial charge in [-0.3, -0.25) is 9.59 Å². The van der Waals surface area contributed by atoms with Crippen LogP contribution in [0.15, 0.2) is 42.5 Å². The molecule has 0 spiro atoms. The average molecular weight is 284 g/mol. The van der Waals surface area contributed by atoms with Crippen molar-refractivity contribution in [3.05, 3.63) is 68.9 Å². The van der Waals surface area contributed by atoms with Crippen molar-refractivity contribution in [2.45, 2.75) is 12.8 Å². The highest BCUT2D eigenvalue weighted by atomic mass is 16.1. The summed E-state index contributed by atoms with van der Waals surface area (Å²) in [6.07, 6.45) is 2.95. The van der Waals surface area contributed by atoms with Crippen molar-refractivity contribution in [1.29, 1.82) is 0 Å². The monoisotopic (exact) mass is 284 g/mol. The highest BCUT2D eigenvalue weighted by molar-refractivity contribution is 6.41. The number of hydrogen-bond acceptors (Lipinski definition) is 2. The van der Waals surface area contributed by atoms with Crippen molar-refractivity contribution in [1.82, 2.24) is 0 Å². The lowest BCUT2D eigenvalue weighted by molar-refractivity contribution is -0.112. The predicted molar refractivity (Wildman–Crippen MR) is 84.6 cm³/mol. The molecule has 0 aliphatic heterocycles. The van der Waals surface area contributed by atoms with Crippen LogP contribution in [0.3, 0.4) is 0 Å². The summed E-state index contributed by atoms with van der Waals surface area (Å²) in [5.74, 6) is -0.116. The zero-order valence-electron chi connectivity index (χ0n) is 11.8. The van der Waals surface area contributed by atoms with Crippen LogP contribution in [0.25, 0.3) is 22.8 Å². The molecule has 2 aromatic carbocycles. The Bertz CT molecular complexity index is 1150. The van der Waals surface area contributed by atoms with E-state index < -0.39 is 0 Å². The topological polar surface area (TPSA) is 34.1 Å². The lowest BCUT2D eigenvalue weighted by atomic mass is 9.90. The number of carbonyl (C=O) groups excluding carboxylic acids is 2. The molecule has 0 bridgehead atoms. The van der Waals surface area contributed by atoms with Crippen LogP contribution in [0.1, 0.15) is 23.2 Å². The first-order valence-corrected chi connectivity index (χ1v) is 7.49. The van der Waals surface area contributed by atoms with Gasteiger partial charge >= 0.3 is 0 Å². The van der Waals surface area contributed by atoms with Crippen LogP contribution < -0.4 is 20.9 Å². The van der Waals surface area contributed by atoms with E-state index in [9.17, 15) is 9.59 Å². The Kier molecular flexibility index (Phi) is 2.11. The summed E-state index contributed by atoms with van der Waals surface area (Å²) in [6.45, 7) is 0. The maximum atomic E-state index is 12.7. The van der Waals surface area contributed by atoms with Gasteiger partial charge in [0.15, 0.2) is 11.6 Å². The first-order valence-electron chi connectivity index (χ1n) is 7.49. The predicted octanol–water partition coefficient (Wildman–Crippen LogP) is 0.192. The van der Waals surface area contributed by atoms with Crippen molar-refractivity contribution in [3.8, 4) is 0 Å². The van der Waals surface area contributed by atoms with Crippen LogP contribution in [0, 0.1) is 0 Å². The second kappa shape index (κ2) is 3.92. The van der Waals surface area contributed by atoms with E-state index in [1.807, 2.05) is 36.4 Å². The van der Waals surface area contributed by atoms with Gasteiger partial charge in [0.25, 0.3) is 0 Å². The summed E-state index contributed by atoms with van der Waals surface area (Å²) in [5, 5.41) is 4.17. The van der Waals surface area contributed by atoms with Crippen molar-refractivity contribution in [3.63, 3.8) is 0 Å². The molecule has 22 heavy (non-hydrogen) atoms. The van der Waals surface area contributed by atoms with E-state index in [1.165, 1.54) is 5.57 Å². The molecule has 2 aromatic rings. The highest BCUT2D eigenvalue weighted by Crippen LogP contribution is 2.31. The van der Waals surface area contributed by atoms with Gasteiger partial charge in [0.1, 0.15) is 0 Å². The van der Waals surface area contributed by atoms with Gasteiger partial charge in [0, 0.05) is 16.4 Å². The van der Waals surface area contributed by atoms with Crippen molar-refractivity contribution < 1.29 is 9.59 Å². The number of rotatable bonds is 0.